The van der Waals surface area contributed by atoms with E-state index in [1.54, 1.807) is 54.6 Å². The van der Waals surface area contributed by atoms with E-state index in [-0.39, 0.29) is 0 Å². The van der Waals surface area contributed by atoms with Crippen molar-refractivity contribution in [3.05, 3.63) is 71.8 Å². The largest absolute Gasteiger partial charge is 0.468 e. The second-order valence-corrected chi connectivity index (χ2v) is 4.80. The quantitative estimate of drug-likeness (QED) is 0.530. The number of ether oxygens (including phenoxy) is 1. The molecule has 120 valence electrons. The molecule has 5 nitrogen and oxygen atoms in total. The number of carbonyl (C=O) groups excluding carboxylic acids is 3. The van der Waals surface area contributed by atoms with Crippen LogP contribution in [0.15, 0.2) is 60.7 Å². The molecular weight excluding hydrogens is 306 g/mol. The maximum Gasteiger partial charge on any atom is 0.322 e. The fourth-order valence-electron chi connectivity index (χ4n) is 2.02. The molecule has 0 aromatic heterocycles. The van der Waals surface area contributed by atoms with Gasteiger partial charge < -0.3 is 4.74 Å². The van der Waals surface area contributed by atoms with Gasteiger partial charge in [0.1, 0.15) is 0 Å². The number of amides is 2. The van der Waals surface area contributed by atoms with Crippen molar-refractivity contribution in [2.45, 2.75) is 5.92 Å². The lowest BCUT2D eigenvalue weighted by Crippen LogP contribution is -2.37. The van der Waals surface area contributed by atoms with E-state index < -0.39 is 23.7 Å². The first-order chi connectivity index (χ1) is 11.6. The van der Waals surface area contributed by atoms with Crippen LogP contribution in [0.2, 0.25) is 0 Å². The van der Waals surface area contributed by atoms with Crippen LogP contribution in [0.1, 0.15) is 17.0 Å². The molecule has 0 aliphatic rings. The molecule has 2 aromatic carbocycles. The first kappa shape index (κ1) is 17.0. The highest BCUT2D eigenvalue weighted by Gasteiger charge is 2.30. The SMILES string of the molecule is COC(=O)C(C(=O)NC(=O)C#Cc1ccccc1)c1ccccc1. The molecule has 1 atom stereocenters. The van der Waals surface area contributed by atoms with Crippen molar-refractivity contribution in [1.29, 1.82) is 0 Å². The standard InChI is InChI=1S/C19H15NO4/c1-24-19(23)17(15-10-6-3-7-11-15)18(22)20-16(21)13-12-14-8-4-2-5-9-14/h2-11,17H,1H3,(H,20,21,22). The highest BCUT2D eigenvalue weighted by molar-refractivity contribution is 6.12. The van der Waals surface area contributed by atoms with E-state index in [0.717, 1.165) is 0 Å². The number of rotatable bonds is 3. The summed E-state index contributed by atoms with van der Waals surface area (Å²) in [7, 11) is 1.18. The molecule has 5 heteroatoms. The maximum absolute atomic E-state index is 12.3. The highest BCUT2D eigenvalue weighted by atomic mass is 16.5. The van der Waals surface area contributed by atoms with Gasteiger partial charge >= 0.3 is 11.9 Å². The molecule has 1 unspecified atom stereocenters. The van der Waals surface area contributed by atoms with Crippen molar-refractivity contribution < 1.29 is 19.1 Å². The third-order valence-corrected chi connectivity index (χ3v) is 3.16. The van der Waals surface area contributed by atoms with Crippen molar-refractivity contribution >= 4 is 17.8 Å². The monoisotopic (exact) mass is 321 g/mol. The molecule has 1 N–H and O–H groups in total. The number of carbonyl (C=O) groups is 3. The van der Waals surface area contributed by atoms with Crippen molar-refractivity contribution in [3.8, 4) is 11.8 Å². The Bertz CT molecular complexity index is 788. The van der Waals surface area contributed by atoms with Crippen molar-refractivity contribution in [1.82, 2.24) is 5.32 Å². The Morgan fingerprint density at radius 2 is 1.54 bits per heavy atom. The third-order valence-electron chi connectivity index (χ3n) is 3.16. The summed E-state index contributed by atoms with van der Waals surface area (Å²) in [6.07, 6.45) is 0. The average molecular weight is 321 g/mol. The molecule has 2 aromatic rings. The van der Waals surface area contributed by atoms with E-state index in [1.807, 2.05) is 6.07 Å². The topological polar surface area (TPSA) is 72.5 Å². The molecule has 24 heavy (non-hydrogen) atoms. The number of benzene rings is 2. The van der Waals surface area contributed by atoms with Crippen LogP contribution in [0.4, 0.5) is 0 Å². The lowest BCUT2D eigenvalue weighted by molar-refractivity contribution is -0.146. The predicted molar refractivity (Wildman–Crippen MR) is 87.7 cm³/mol. The number of esters is 1. The number of hydrogen-bond donors (Lipinski definition) is 1. The Hall–Kier alpha value is -3.39. The van der Waals surface area contributed by atoms with E-state index >= 15 is 0 Å². The van der Waals surface area contributed by atoms with Gasteiger partial charge in [-0.3, -0.25) is 19.7 Å². The van der Waals surface area contributed by atoms with Gasteiger partial charge in [-0.2, -0.15) is 0 Å². The molecule has 2 amide bonds. The Kier molecular flexibility index (Phi) is 5.87. The van der Waals surface area contributed by atoms with Crippen LogP contribution >= 0.6 is 0 Å². The summed E-state index contributed by atoms with van der Waals surface area (Å²) in [4.78, 5) is 36.0. The maximum atomic E-state index is 12.3. The van der Waals surface area contributed by atoms with Gasteiger partial charge in [0.25, 0.3) is 0 Å². The summed E-state index contributed by atoms with van der Waals surface area (Å²) >= 11 is 0. The summed E-state index contributed by atoms with van der Waals surface area (Å²) in [5.74, 6) is 1.43. The van der Waals surface area contributed by atoms with Gasteiger partial charge in [0.15, 0.2) is 5.92 Å². The Balaban J connectivity index is 2.12. The summed E-state index contributed by atoms with van der Waals surface area (Å²) in [5, 5.41) is 2.11. The summed E-state index contributed by atoms with van der Waals surface area (Å²) in [6.45, 7) is 0. The first-order valence-electron chi connectivity index (χ1n) is 7.16. The lowest BCUT2D eigenvalue weighted by atomic mass is 9.98. The van der Waals surface area contributed by atoms with Gasteiger partial charge in [-0.05, 0) is 17.7 Å². The Labute approximate surface area is 139 Å². The van der Waals surface area contributed by atoms with E-state index in [1.165, 1.54) is 7.11 Å². The smallest absolute Gasteiger partial charge is 0.322 e. The summed E-state index contributed by atoms with van der Waals surface area (Å²) in [5.41, 5.74) is 1.08. The van der Waals surface area contributed by atoms with Gasteiger partial charge in [0.05, 0.1) is 7.11 Å². The highest BCUT2D eigenvalue weighted by Crippen LogP contribution is 2.17. The van der Waals surface area contributed by atoms with Crippen LogP contribution in [-0.4, -0.2) is 24.9 Å². The van der Waals surface area contributed by atoms with E-state index in [9.17, 15) is 14.4 Å². The third kappa shape index (κ3) is 4.55. The van der Waals surface area contributed by atoms with Crippen LogP contribution in [0.5, 0.6) is 0 Å². The molecule has 0 aliphatic carbocycles. The fraction of sp³-hybridized carbons (Fsp3) is 0.105. The summed E-state index contributed by atoms with van der Waals surface area (Å²) in [6, 6.07) is 17.2. The van der Waals surface area contributed by atoms with E-state index in [0.29, 0.717) is 11.1 Å². The van der Waals surface area contributed by atoms with Crippen LogP contribution < -0.4 is 5.32 Å². The number of nitrogens with one attached hydrogen (secondary N) is 1. The van der Waals surface area contributed by atoms with Gasteiger partial charge in [0.2, 0.25) is 5.91 Å². The second-order valence-electron chi connectivity index (χ2n) is 4.80. The zero-order chi connectivity index (χ0) is 17.4. The molecule has 0 bridgehead atoms. The fourth-order valence-corrected chi connectivity index (χ4v) is 2.02. The van der Waals surface area contributed by atoms with Gasteiger partial charge in [-0.15, -0.1) is 0 Å². The summed E-state index contributed by atoms with van der Waals surface area (Å²) < 4.78 is 4.65. The zero-order valence-electron chi connectivity index (χ0n) is 13.0. The molecule has 0 radical (unpaired) electrons. The molecule has 0 spiro atoms. The van der Waals surface area contributed by atoms with Crippen LogP contribution in [-0.2, 0) is 19.1 Å². The molecule has 2 rings (SSSR count). The zero-order valence-corrected chi connectivity index (χ0v) is 13.0. The molecule has 0 saturated heterocycles. The normalized spacial score (nSPS) is 10.7. The second kappa shape index (κ2) is 8.30. The van der Waals surface area contributed by atoms with Gasteiger partial charge in [0, 0.05) is 11.5 Å². The predicted octanol–water partition coefficient (Wildman–Crippen LogP) is 1.64. The molecule has 0 fully saturated rings. The average Bonchev–Trinajstić information content (AvgIpc) is 2.61. The van der Waals surface area contributed by atoms with Gasteiger partial charge in [-0.1, -0.05) is 54.5 Å². The van der Waals surface area contributed by atoms with Crippen LogP contribution in [0.25, 0.3) is 0 Å². The number of methoxy groups -OCH3 is 1. The Morgan fingerprint density at radius 3 is 2.12 bits per heavy atom. The van der Waals surface area contributed by atoms with Crippen LogP contribution in [0.3, 0.4) is 0 Å². The van der Waals surface area contributed by atoms with Crippen molar-refractivity contribution in [3.63, 3.8) is 0 Å². The minimum atomic E-state index is -1.22. The molecular formula is C19H15NO4. The van der Waals surface area contributed by atoms with E-state index in [2.05, 4.69) is 21.9 Å². The molecule has 0 heterocycles. The number of hydrogen-bond acceptors (Lipinski definition) is 4. The molecule has 0 saturated carbocycles. The van der Waals surface area contributed by atoms with Crippen LogP contribution in [0, 0.1) is 11.8 Å². The van der Waals surface area contributed by atoms with E-state index in [4.69, 9.17) is 0 Å². The van der Waals surface area contributed by atoms with Crippen molar-refractivity contribution in [2.75, 3.05) is 7.11 Å². The van der Waals surface area contributed by atoms with Crippen molar-refractivity contribution in [2.24, 2.45) is 0 Å². The first-order valence-corrected chi connectivity index (χ1v) is 7.16. The lowest BCUT2D eigenvalue weighted by Gasteiger charge is -2.13. The molecule has 0 aliphatic heterocycles. The minimum absolute atomic E-state index is 0.436. The minimum Gasteiger partial charge on any atom is -0.468 e. The Morgan fingerprint density at radius 1 is 0.958 bits per heavy atom. The number of imide groups is 1. The van der Waals surface area contributed by atoms with Gasteiger partial charge in [-0.25, -0.2) is 0 Å².